The third-order valence-electron chi connectivity index (χ3n) is 4.82. The van der Waals surface area contributed by atoms with Crippen LogP contribution in [0.15, 0.2) is 59.3 Å². The number of carbonyl (C=O) groups is 1. The first-order valence-corrected chi connectivity index (χ1v) is 11.3. The largest absolute Gasteiger partial charge is 0.364 e. The Morgan fingerprint density at radius 1 is 1.16 bits per heavy atom. The average molecular weight is 439 g/mol. The number of nitrogens with one attached hydrogen (secondary N) is 2. The molecule has 0 bridgehead atoms. The Morgan fingerprint density at radius 2 is 1.94 bits per heavy atom. The van der Waals surface area contributed by atoms with Gasteiger partial charge in [-0.3, -0.25) is 9.52 Å². The van der Waals surface area contributed by atoms with E-state index in [0.717, 1.165) is 5.56 Å². The van der Waals surface area contributed by atoms with Gasteiger partial charge in [0.1, 0.15) is 17.8 Å². The second kappa shape index (κ2) is 8.23. The van der Waals surface area contributed by atoms with E-state index in [2.05, 4.69) is 20.2 Å². The molecular formula is C21H21N5O4S. The Balaban J connectivity index is 1.82. The quantitative estimate of drug-likeness (QED) is 0.457. The number of aromatic nitrogens is 3. The van der Waals surface area contributed by atoms with Crippen molar-refractivity contribution in [3.63, 3.8) is 0 Å². The van der Waals surface area contributed by atoms with E-state index in [0.29, 0.717) is 28.1 Å². The summed E-state index contributed by atoms with van der Waals surface area (Å²) < 4.78 is 33.3. The van der Waals surface area contributed by atoms with E-state index >= 15 is 0 Å². The standard InChI is InChI=1S/C21H21N5O4S/c1-3-31(28,29)25-16-11-17(21(27)22-13-15-9-10-30-24-15)19-18(12-16)23-20(26(19)2)14-7-5-4-6-8-14/h4-12,25H,3,13H2,1-2H3,(H,22,27). The molecule has 1 amide bonds. The van der Waals surface area contributed by atoms with Gasteiger partial charge in [-0.15, -0.1) is 0 Å². The van der Waals surface area contributed by atoms with Gasteiger partial charge in [-0.1, -0.05) is 35.5 Å². The number of anilines is 1. The number of amides is 1. The molecule has 0 aliphatic heterocycles. The normalized spacial score (nSPS) is 11.5. The van der Waals surface area contributed by atoms with Crippen molar-refractivity contribution in [3.05, 3.63) is 66.1 Å². The molecule has 10 heteroatoms. The molecule has 0 aliphatic carbocycles. The van der Waals surface area contributed by atoms with Crippen LogP contribution in [0.2, 0.25) is 0 Å². The number of benzene rings is 2. The van der Waals surface area contributed by atoms with Crippen LogP contribution in [0.4, 0.5) is 5.69 Å². The number of hydrogen-bond acceptors (Lipinski definition) is 6. The predicted molar refractivity (Wildman–Crippen MR) is 117 cm³/mol. The van der Waals surface area contributed by atoms with Crippen molar-refractivity contribution in [2.75, 3.05) is 10.5 Å². The number of rotatable bonds is 7. The van der Waals surface area contributed by atoms with Gasteiger partial charge in [-0.2, -0.15) is 0 Å². The summed E-state index contributed by atoms with van der Waals surface area (Å²) in [6.07, 6.45) is 1.42. The van der Waals surface area contributed by atoms with Gasteiger partial charge in [-0.25, -0.2) is 13.4 Å². The van der Waals surface area contributed by atoms with E-state index in [9.17, 15) is 13.2 Å². The van der Waals surface area contributed by atoms with Crippen LogP contribution in [0.1, 0.15) is 23.0 Å². The second-order valence-electron chi connectivity index (χ2n) is 6.93. The lowest BCUT2D eigenvalue weighted by Gasteiger charge is -2.11. The molecule has 0 unspecified atom stereocenters. The molecule has 160 valence electrons. The van der Waals surface area contributed by atoms with Crippen molar-refractivity contribution in [2.45, 2.75) is 13.5 Å². The van der Waals surface area contributed by atoms with Gasteiger partial charge in [0.15, 0.2) is 0 Å². The van der Waals surface area contributed by atoms with Crippen LogP contribution in [-0.4, -0.2) is 34.8 Å². The summed E-state index contributed by atoms with van der Waals surface area (Å²) in [5.41, 5.74) is 3.12. The maximum Gasteiger partial charge on any atom is 0.253 e. The first-order valence-electron chi connectivity index (χ1n) is 9.62. The molecule has 0 spiro atoms. The zero-order valence-electron chi connectivity index (χ0n) is 17.0. The molecule has 2 N–H and O–H groups in total. The zero-order chi connectivity index (χ0) is 22.0. The van der Waals surface area contributed by atoms with E-state index in [1.165, 1.54) is 12.3 Å². The number of fused-ring (bicyclic) bond motifs is 1. The van der Waals surface area contributed by atoms with Gasteiger partial charge in [0, 0.05) is 18.7 Å². The molecule has 0 saturated heterocycles. The fourth-order valence-corrected chi connectivity index (χ4v) is 3.90. The van der Waals surface area contributed by atoms with Gasteiger partial charge in [0.05, 0.1) is 34.6 Å². The molecule has 0 saturated carbocycles. The van der Waals surface area contributed by atoms with E-state index < -0.39 is 10.0 Å². The molecule has 2 heterocycles. The molecule has 4 aromatic rings. The van der Waals surface area contributed by atoms with E-state index in [1.54, 1.807) is 19.1 Å². The minimum absolute atomic E-state index is 0.0871. The number of carbonyl (C=O) groups excluding carboxylic acids is 1. The fraction of sp³-hybridized carbons (Fsp3) is 0.190. The minimum atomic E-state index is -3.53. The van der Waals surface area contributed by atoms with Crippen molar-refractivity contribution in [1.29, 1.82) is 0 Å². The summed E-state index contributed by atoms with van der Waals surface area (Å²) >= 11 is 0. The van der Waals surface area contributed by atoms with Crippen LogP contribution in [0.25, 0.3) is 22.4 Å². The van der Waals surface area contributed by atoms with Crippen molar-refractivity contribution in [1.82, 2.24) is 20.0 Å². The minimum Gasteiger partial charge on any atom is -0.364 e. The molecule has 2 aromatic carbocycles. The van der Waals surface area contributed by atoms with Crippen LogP contribution < -0.4 is 10.0 Å². The number of aryl methyl sites for hydroxylation is 1. The molecule has 0 fully saturated rings. The highest BCUT2D eigenvalue weighted by molar-refractivity contribution is 7.92. The van der Waals surface area contributed by atoms with Crippen LogP contribution in [0.5, 0.6) is 0 Å². The maximum absolute atomic E-state index is 13.1. The topological polar surface area (TPSA) is 119 Å². The SMILES string of the molecule is CCS(=O)(=O)Nc1cc(C(=O)NCc2ccon2)c2c(c1)nc(-c1ccccc1)n2C. The van der Waals surface area contributed by atoms with Crippen LogP contribution in [0.3, 0.4) is 0 Å². The Labute approximate surface area is 179 Å². The Bertz CT molecular complexity index is 1330. The summed E-state index contributed by atoms with van der Waals surface area (Å²) in [6.45, 7) is 1.71. The van der Waals surface area contributed by atoms with Gasteiger partial charge in [-0.05, 0) is 19.1 Å². The number of nitrogens with zero attached hydrogens (tertiary/aromatic N) is 3. The van der Waals surface area contributed by atoms with Crippen LogP contribution >= 0.6 is 0 Å². The molecule has 0 atom stereocenters. The average Bonchev–Trinajstić information content (AvgIpc) is 3.40. The second-order valence-corrected chi connectivity index (χ2v) is 8.94. The summed E-state index contributed by atoms with van der Waals surface area (Å²) in [5.74, 6) is 0.195. The number of hydrogen-bond donors (Lipinski definition) is 2. The highest BCUT2D eigenvalue weighted by atomic mass is 32.2. The first kappa shape index (κ1) is 20.6. The maximum atomic E-state index is 13.1. The van der Waals surface area contributed by atoms with Crippen molar-refractivity contribution >= 4 is 32.7 Å². The molecule has 0 radical (unpaired) electrons. The fourth-order valence-electron chi connectivity index (χ4n) is 3.28. The number of imidazole rings is 1. The third kappa shape index (κ3) is 4.29. The van der Waals surface area contributed by atoms with E-state index in [-0.39, 0.29) is 23.9 Å². The van der Waals surface area contributed by atoms with Gasteiger partial charge >= 0.3 is 0 Å². The molecule has 4 rings (SSSR count). The zero-order valence-corrected chi connectivity index (χ0v) is 17.8. The van der Waals surface area contributed by atoms with Crippen LogP contribution in [-0.2, 0) is 23.6 Å². The highest BCUT2D eigenvalue weighted by Crippen LogP contribution is 2.29. The third-order valence-corrected chi connectivity index (χ3v) is 6.13. The Morgan fingerprint density at radius 3 is 2.61 bits per heavy atom. The van der Waals surface area contributed by atoms with Gasteiger partial charge in [0.2, 0.25) is 10.0 Å². The van der Waals surface area contributed by atoms with E-state index in [1.807, 2.05) is 41.9 Å². The summed E-state index contributed by atoms with van der Waals surface area (Å²) in [4.78, 5) is 17.7. The van der Waals surface area contributed by atoms with Crippen LogP contribution in [0, 0.1) is 0 Å². The monoisotopic (exact) mass is 439 g/mol. The van der Waals surface area contributed by atoms with E-state index in [4.69, 9.17) is 4.52 Å². The molecule has 0 aliphatic rings. The van der Waals surface area contributed by atoms with Gasteiger partial charge in [0.25, 0.3) is 5.91 Å². The highest BCUT2D eigenvalue weighted by Gasteiger charge is 2.20. The predicted octanol–water partition coefficient (Wildman–Crippen LogP) is 2.92. The summed E-state index contributed by atoms with van der Waals surface area (Å²) in [5, 5.41) is 6.58. The molecule has 31 heavy (non-hydrogen) atoms. The molecule has 9 nitrogen and oxygen atoms in total. The molecule has 2 aromatic heterocycles. The lowest BCUT2D eigenvalue weighted by Crippen LogP contribution is -2.24. The Hall–Kier alpha value is -3.66. The summed E-state index contributed by atoms with van der Waals surface area (Å²) in [6, 6.07) is 14.4. The number of sulfonamides is 1. The molecular weight excluding hydrogens is 418 g/mol. The van der Waals surface area contributed by atoms with Gasteiger partial charge < -0.3 is 14.4 Å². The van der Waals surface area contributed by atoms with Crippen molar-refractivity contribution in [2.24, 2.45) is 7.05 Å². The first-order chi connectivity index (χ1) is 14.9. The van der Waals surface area contributed by atoms with Crippen molar-refractivity contribution in [3.8, 4) is 11.4 Å². The Kier molecular flexibility index (Phi) is 5.47. The smallest absolute Gasteiger partial charge is 0.253 e. The van der Waals surface area contributed by atoms with Crippen molar-refractivity contribution < 1.29 is 17.7 Å². The lowest BCUT2D eigenvalue weighted by atomic mass is 10.1. The summed E-state index contributed by atoms with van der Waals surface area (Å²) in [7, 11) is -1.70. The lowest BCUT2D eigenvalue weighted by molar-refractivity contribution is 0.0951.